The zero-order valence-corrected chi connectivity index (χ0v) is 15.1. The van der Waals surface area contributed by atoms with Crippen LogP contribution in [0, 0.1) is 17.3 Å². The van der Waals surface area contributed by atoms with Gasteiger partial charge in [-0.25, -0.2) is 0 Å². The van der Waals surface area contributed by atoms with Gasteiger partial charge in [-0.2, -0.15) is 0 Å². The fourth-order valence-corrected chi connectivity index (χ4v) is 4.70. The fourth-order valence-electron chi connectivity index (χ4n) is 4.70. The zero-order valence-electron chi connectivity index (χ0n) is 15.1. The SMILES string of the molecule is CC(C)C1CCC(CN)(N(C)C2CCC(C)(C)CC2)CC1. The predicted octanol–water partition coefficient (Wildman–Crippen LogP) is 4.43. The molecule has 2 heteroatoms. The van der Waals surface area contributed by atoms with Gasteiger partial charge in [0.25, 0.3) is 0 Å². The minimum absolute atomic E-state index is 0.289. The van der Waals surface area contributed by atoms with E-state index in [1.165, 1.54) is 51.4 Å². The van der Waals surface area contributed by atoms with Crippen LogP contribution in [0.2, 0.25) is 0 Å². The molecule has 124 valence electrons. The highest BCUT2D eigenvalue weighted by Gasteiger charge is 2.42. The lowest BCUT2D eigenvalue weighted by molar-refractivity contribution is -0.000613. The molecule has 0 aromatic carbocycles. The summed E-state index contributed by atoms with van der Waals surface area (Å²) < 4.78 is 0. The van der Waals surface area contributed by atoms with Crippen LogP contribution in [-0.4, -0.2) is 30.1 Å². The Morgan fingerprint density at radius 2 is 1.52 bits per heavy atom. The lowest BCUT2D eigenvalue weighted by Gasteiger charge is -2.51. The molecule has 0 spiro atoms. The van der Waals surface area contributed by atoms with Crippen LogP contribution in [0.4, 0.5) is 0 Å². The molecule has 0 heterocycles. The van der Waals surface area contributed by atoms with Gasteiger partial charge in [-0.3, -0.25) is 4.90 Å². The van der Waals surface area contributed by atoms with Crippen LogP contribution in [0.15, 0.2) is 0 Å². The van der Waals surface area contributed by atoms with E-state index in [0.29, 0.717) is 5.41 Å². The monoisotopic (exact) mass is 294 g/mol. The number of rotatable bonds is 4. The molecule has 2 aliphatic carbocycles. The van der Waals surface area contributed by atoms with E-state index in [1.54, 1.807) is 0 Å². The van der Waals surface area contributed by atoms with Gasteiger partial charge < -0.3 is 5.73 Å². The maximum atomic E-state index is 6.28. The molecule has 0 aromatic heterocycles. The van der Waals surface area contributed by atoms with Gasteiger partial charge in [0.1, 0.15) is 0 Å². The van der Waals surface area contributed by atoms with Gasteiger partial charge in [-0.1, -0.05) is 27.7 Å². The molecule has 2 aliphatic rings. The van der Waals surface area contributed by atoms with Crippen molar-refractivity contribution in [2.75, 3.05) is 13.6 Å². The third-order valence-electron chi connectivity index (χ3n) is 6.89. The molecule has 0 saturated heterocycles. The average Bonchev–Trinajstić information content (AvgIpc) is 2.46. The molecular weight excluding hydrogens is 256 g/mol. The molecule has 0 radical (unpaired) electrons. The lowest BCUT2D eigenvalue weighted by Crippen LogP contribution is -2.58. The Morgan fingerprint density at radius 1 is 1.00 bits per heavy atom. The van der Waals surface area contributed by atoms with Crippen molar-refractivity contribution in [3.8, 4) is 0 Å². The highest BCUT2D eigenvalue weighted by Crippen LogP contribution is 2.43. The smallest absolute Gasteiger partial charge is 0.0331 e. The van der Waals surface area contributed by atoms with E-state index in [-0.39, 0.29) is 5.54 Å². The van der Waals surface area contributed by atoms with Gasteiger partial charge in [0.05, 0.1) is 0 Å². The van der Waals surface area contributed by atoms with E-state index in [0.717, 1.165) is 24.4 Å². The summed E-state index contributed by atoms with van der Waals surface area (Å²) in [6.07, 6.45) is 10.8. The summed E-state index contributed by atoms with van der Waals surface area (Å²) >= 11 is 0. The maximum absolute atomic E-state index is 6.28. The minimum atomic E-state index is 0.289. The number of likely N-dealkylation sites (N-methyl/N-ethyl adjacent to an activating group) is 1. The molecule has 0 atom stereocenters. The van der Waals surface area contributed by atoms with Crippen LogP contribution in [0.3, 0.4) is 0 Å². The quantitative estimate of drug-likeness (QED) is 0.831. The van der Waals surface area contributed by atoms with Gasteiger partial charge in [-0.15, -0.1) is 0 Å². The Bertz CT molecular complexity index is 316. The van der Waals surface area contributed by atoms with Crippen molar-refractivity contribution in [2.24, 2.45) is 23.0 Å². The molecule has 21 heavy (non-hydrogen) atoms. The van der Waals surface area contributed by atoms with Gasteiger partial charge in [0, 0.05) is 18.1 Å². The Hall–Kier alpha value is -0.0800. The summed E-state index contributed by atoms with van der Waals surface area (Å²) in [7, 11) is 2.37. The number of nitrogens with two attached hydrogens (primary N) is 1. The number of nitrogens with zero attached hydrogens (tertiary/aromatic N) is 1. The molecule has 0 aliphatic heterocycles. The van der Waals surface area contributed by atoms with Gasteiger partial charge in [0.2, 0.25) is 0 Å². The summed E-state index contributed by atoms with van der Waals surface area (Å²) in [4.78, 5) is 2.71. The van der Waals surface area contributed by atoms with Crippen LogP contribution < -0.4 is 5.73 Å². The van der Waals surface area contributed by atoms with Crippen LogP contribution >= 0.6 is 0 Å². The number of hydrogen-bond donors (Lipinski definition) is 1. The molecule has 2 rings (SSSR count). The largest absolute Gasteiger partial charge is 0.329 e. The summed E-state index contributed by atoms with van der Waals surface area (Å²) in [6.45, 7) is 10.5. The number of hydrogen-bond acceptors (Lipinski definition) is 2. The molecule has 2 nitrogen and oxygen atoms in total. The van der Waals surface area contributed by atoms with Crippen molar-refractivity contribution in [1.29, 1.82) is 0 Å². The maximum Gasteiger partial charge on any atom is 0.0331 e. The summed E-state index contributed by atoms with van der Waals surface area (Å²) in [5.74, 6) is 1.75. The standard InChI is InChI=1S/C19H38N2/c1-15(2)16-6-12-19(14-20,13-7-16)21(5)17-8-10-18(3,4)11-9-17/h15-17H,6-14,20H2,1-5H3. The molecule has 0 amide bonds. The average molecular weight is 295 g/mol. The Balaban J connectivity index is 1.98. The van der Waals surface area contributed by atoms with E-state index in [4.69, 9.17) is 5.73 Å². The second-order valence-electron chi connectivity index (χ2n) is 9.02. The second-order valence-corrected chi connectivity index (χ2v) is 9.02. The summed E-state index contributed by atoms with van der Waals surface area (Å²) in [6, 6.07) is 0.761. The molecule has 0 aromatic rings. The molecule has 0 bridgehead atoms. The summed E-state index contributed by atoms with van der Waals surface area (Å²) in [5.41, 5.74) is 7.13. The van der Waals surface area contributed by atoms with Crippen LogP contribution in [0.25, 0.3) is 0 Å². The topological polar surface area (TPSA) is 29.3 Å². The first kappa shape index (κ1) is 17.3. The third-order valence-corrected chi connectivity index (χ3v) is 6.89. The highest BCUT2D eigenvalue weighted by atomic mass is 15.2. The van der Waals surface area contributed by atoms with Crippen molar-refractivity contribution < 1.29 is 0 Å². The minimum Gasteiger partial charge on any atom is -0.329 e. The zero-order chi connectivity index (χ0) is 15.7. The van der Waals surface area contributed by atoms with Crippen molar-refractivity contribution in [3.05, 3.63) is 0 Å². The molecular formula is C19H38N2. The molecule has 2 saturated carbocycles. The van der Waals surface area contributed by atoms with Crippen molar-refractivity contribution in [2.45, 2.75) is 90.6 Å². The third kappa shape index (κ3) is 3.82. The second kappa shape index (κ2) is 6.58. The first-order valence-electron chi connectivity index (χ1n) is 9.23. The van der Waals surface area contributed by atoms with Crippen LogP contribution in [0.5, 0.6) is 0 Å². The fraction of sp³-hybridized carbons (Fsp3) is 1.00. The van der Waals surface area contributed by atoms with E-state index >= 15 is 0 Å². The Morgan fingerprint density at radius 3 is 1.95 bits per heavy atom. The van der Waals surface area contributed by atoms with E-state index in [1.807, 2.05) is 0 Å². The van der Waals surface area contributed by atoms with Crippen molar-refractivity contribution >= 4 is 0 Å². The van der Waals surface area contributed by atoms with E-state index < -0.39 is 0 Å². The highest BCUT2D eigenvalue weighted by molar-refractivity contribution is 4.98. The van der Waals surface area contributed by atoms with Gasteiger partial charge in [-0.05, 0) is 75.7 Å². The lowest BCUT2D eigenvalue weighted by atomic mass is 9.70. The van der Waals surface area contributed by atoms with E-state index in [9.17, 15) is 0 Å². The van der Waals surface area contributed by atoms with Gasteiger partial charge >= 0.3 is 0 Å². The van der Waals surface area contributed by atoms with E-state index in [2.05, 4.69) is 39.6 Å². The molecule has 0 unspecified atom stereocenters. The predicted molar refractivity (Wildman–Crippen MR) is 92.4 cm³/mol. The van der Waals surface area contributed by atoms with Crippen molar-refractivity contribution in [3.63, 3.8) is 0 Å². The van der Waals surface area contributed by atoms with Crippen molar-refractivity contribution in [1.82, 2.24) is 4.90 Å². The van der Waals surface area contributed by atoms with Crippen LogP contribution in [0.1, 0.15) is 79.1 Å². The Labute approximate surface area is 132 Å². The summed E-state index contributed by atoms with van der Waals surface area (Å²) in [5, 5.41) is 0. The molecule has 2 N–H and O–H groups in total. The van der Waals surface area contributed by atoms with Crippen LogP contribution in [-0.2, 0) is 0 Å². The Kier molecular flexibility index (Phi) is 5.41. The molecule has 2 fully saturated rings. The normalized spacial score (nSPS) is 34.6. The first-order valence-corrected chi connectivity index (χ1v) is 9.23. The van der Waals surface area contributed by atoms with Gasteiger partial charge in [0.15, 0.2) is 0 Å². The first-order chi connectivity index (χ1) is 9.80.